The summed E-state index contributed by atoms with van der Waals surface area (Å²) in [7, 11) is -0.0173. The second-order valence-electron chi connectivity index (χ2n) is 4.88. The predicted octanol–water partition coefficient (Wildman–Crippen LogP) is 2.35. The van der Waals surface area contributed by atoms with Gasteiger partial charge in [0.05, 0.1) is 22.2 Å². The molecule has 23 heavy (non-hydrogen) atoms. The first kappa shape index (κ1) is 20.6. The van der Waals surface area contributed by atoms with Crippen molar-refractivity contribution in [3.8, 4) is 5.75 Å². The van der Waals surface area contributed by atoms with Gasteiger partial charge in [0.1, 0.15) is 5.75 Å². The van der Waals surface area contributed by atoms with Gasteiger partial charge in [-0.1, -0.05) is 42.3 Å². The maximum absolute atomic E-state index is 12.5. The molecule has 0 aliphatic carbocycles. The Balaban J connectivity index is 0.00000264. The van der Waals surface area contributed by atoms with Gasteiger partial charge in [-0.3, -0.25) is 4.79 Å². The van der Waals surface area contributed by atoms with Crippen LogP contribution >= 0.6 is 31.8 Å². The summed E-state index contributed by atoms with van der Waals surface area (Å²) >= 11 is 12.2. The normalized spacial score (nSPS) is 10.6. The third-order valence-corrected chi connectivity index (χ3v) is 5.05. The number of benzene rings is 2. The van der Waals surface area contributed by atoms with Crippen molar-refractivity contribution in [2.45, 2.75) is 20.3 Å². The summed E-state index contributed by atoms with van der Waals surface area (Å²) in [5.41, 5.74) is 1.37. The number of aryl methyl sites for hydroxylation is 1. The van der Waals surface area contributed by atoms with Crippen LogP contribution in [-0.4, -0.2) is 12.1 Å². The van der Waals surface area contributed by atoms with E-state index in [-0.39, 0.29) is 34.4 Å². The minimum absolute atomic E-state index is 0. The Bertz CT molecular complexity index is 678. The molecule has 0 amide bonds. The van der Waals surface area contributed by atoms with Crippen molar-refractivity contribution >= 4 is 42.6 Å². The molecule has 0 bridgehead atoms. The van der Waals surface area contributed by atoms with E-state index in [1.807, 2.05) is 25.1 Å². The van der Waals surface area contributed by atoms with E-state index in [1.54, 1.807) is 18.2 Å². The van der Waals surface area contributed by atoms with Crippen molar-refractivity contribution in [3.63, 3.8) is 0 Å². The van der Waals surface area contributed by atoms with Crippen LogP contribution in [0, 0.1) is 6.92 Å². The Kier molecular flexibility index (Phi) is 8.70. The molecular formula is C17H18Cl2LiO2P. The molecule has 2 aromatic rings. The summed E-state index contributed by atoms with van der Waals surface area (Å²) in [6, 6.07) is 10.9. The molecular weight excluding hydrogens is 345 g/mol. The summed E-state index contributed by atoms with van der Waals surface area (Å²) in [6.07, 6.45) is 0.964. The number of hydrogen-bond donors (Lipinski definition) is 0. The number of halogens is 2. The first-order valence-corrected chi connectivity index (χ1v) is 8.77. The van der Waals surface area contributed by atoms with Crippen molar-refractivity contribution in [3.05, 3.63) is 57.6 Å². The number of carbonyl (C=O) groups is 1. The van der Waals surface area contributed by atoms with Gasteiger partial charge in [-0.15, -0.1) is 0 Å². The molecule has 118 valence electrons. The summed E-state index contributed by atoms with van der Waals surface area (Å²) in [5, 5.41) is 1.76. The van der Waals surface area contributed by atoms with Crippen LogP contribution in [0.3, 0.4) is 0 Å². The van der Waals surface area contributed by atoms with Gasteiger partial charge < -0.3 is 6.16 Å². The smallest absolute Gasteiger partial charge is 1.00 e. The number of rotatable bonds is 6. The van der Waals surface area contributed by atoms with Gasteiger partial charge in [-0.25, -0.2) is 0 Å². The van der Waals surface area contributed by atoms with Crippen LogP contribution in [0.1, 0.15) is 30.7 Å². The van der Waals surface area contributed by atoms with Crippen LogP contribution in [0.4, 0.5) is 0 Å². The fourth-order valence-corrected chi connectivity index (χ4v) is 3.79. The SMILES string of the molecule is CCCOc1ccc(PC(=O)c2c(Cl)cccc2Cl)c(C)c1.[H-].[Li+]. The van der Waals surface area contributed by atoms with E-state index < -0.39 is 0 Å². The molecule has 0 aliphatic heterocycles. The topological polar surface area (TPSA) is 26.3 Å². The molecule has 0 heterocycles. The third-order valence-electron chi connectivity index (χ3n) is 3.11. The van der Waals surface area contributed by atoms with E-state index in [2.05, 4.69) is 6.92 Å². The molecule has 2 nitrogen and oxygen atoms in total. The van der Waals surface area contributed by atoms with Crippen molar-refractivity contribution in [1.29, 1.82) is 0 Å². The van der Waals surface area contributed by atoms with Gasteiger partial charge in [-0.2, -0.15) is 0 Å². The quantitative estimate of drug-likeness (QED) is 0.582. The fraction of sp³-hybridized carbons (Fsp3) is 0.235. The van der Waals surface area contributed by atoms with E-state index in [1.165, 1.54) is 0 Å². The van der Waals surface area contributed by atoms with Crippen molar-refractivity contribution in [2.24, 2.45) is 0 Å². The van der Waals surface area contributed by atoms with E-state index in [0.29, 0.717) is 22.2 Å². The van der Waals surface area contributed by atoms with Gasteiger partial charge in [0.2, 0.25) is 0 Å². The van der Waals surface area contributed by atoms with Crippen LogP contribution < -0.4 is 28.9 Å². The van der Waals surface area contributed by atoms with Crippen LogP contribution in [-0.2, 0) is 0 Å². The maximum atomic E-state index is 12.5. The van der Waals surface area contributed by atoms with Crippen molar-refractivity contribution in [2.75, 3.05) is 6.61 Å². The van der Waals surface area contributed by atoms with Crippen molar-refractivity contribution < 1.29 is 29.8 Å². The average molecular weight is 363 g/mol. The van der Waals surface area contributed by atoms with Crippen LogP contribution in [0.25, 0.3) is 0 Å². The summed E-state index contributed by atoms with van der Waals surface area (Å²) in [5.74, 6) is 0.830. The van der Waals surface area contributed by atoms with Gasteiger partial charge in [0.25, 0.3) is 0 Å². The third kappa shape index (κ3) is 5.52. The largest absolute Gasteiger partial charge is 1.00 e. The molecule has 0 saturated carbocycles. The van der Waals surface area contributed by atoms with Crippen LogP contribution in [0.15, 0.2) is 36.4 Å². The Morgan fingerprint density at radius 3 is 2.43 bits per heavy atom. The van der Waals surface area contributed by atoms with Gasteiger partial charge >= 0.3 is 18.9 Å². The molecule has 0 aliphatic rings. The molecule has 0 saturated heterocycles. The van der Waals surface area contributed by atoms with E-state index in [4.69, 9.17) is 27.9 Å². The Hall–Kier alpha value is -0.483. The number of carbonyl (C=O) groups excluding carboxylic acids is 1. The Morgan fingerprint density at radius 2 is 1.87 bits per heavy atom. The zero-order valence-electron chi connectivity index (χ0n) is 14.5. The minimum Gasteiger partial charge on any atom is -1.00 e. The molecule has 0 fully saturated rings. The molecule has 1 unspecified atom stereocenters. The molecule has 2 rings (SSSR count). The molecule has 0 spiro atoms. The van der Waals surface area contributed by atoms with Gasteiger partial charge in [-0.05, 0) is 57.1 Å². The number of ether oxygens (including phenoxy) is 1. The fourth-order valence-electron chi connectivity index (χ4n) is 1.99. The molecule has 6 heteroatoms. The minimum atomic E-state index is -0.0547. The van der Waals surface area contributed by atoms with Crippen LogP contribution in [0.5, 0.6) is 5.75 Å². The van der Waals surface area contributed by atoms with E-state index >= 15 is 0 Å². The Labute approximate surface area is 162 Å². The number of hydrogen-bond acceptors (Lipinski definition) is 2. The molecule has 1 atom stereocenters. The summed E-state index contributed by atoms with van der Waals surface area (Å²) < 4.78 is 5.59. The molecule has 2 aromatic carbocycles. The first-order valence-electron chi connectivity index (χ1n) is 7.01. The van der Waals surface area contributed by atoms with Gasteiger partial charge in [0, 0.05) is 0 Å². The second kappa shape index (κ2) is 9.73. The zero-order valence-corrected chi connectivity index (χ0v) is 16.0. The zero-order chi connectivity index (χ0) is 16.1. The molecule has 0 N–H and O–H groups in total. The summed E-state index contributed by atoms with van der Waals surface area (Å²) in [4.78, 5) is 12.5. The first-order chi connectivity index (χ1) is 10.5. The van der Waals surface area contributed by atoms with Crippen LogP contribution in [0.2, 0.25) is 10.0 Å². The predicted molar refractivity (Wildman–Crippen MR) is 96.8 cm³/mol. The van der Waals surface area contributed by atoms with Gasteiger partial charge in [0.15, 0.2) is 5.52 Å². The Morgan fingerprint density at radius 1 is 1.22 bits per heavy atom. The van der Waals surface area contributed by atoms with Crippen molar-refractivity contribution in [1.82, 2.24) is 0 Å². The standard InChI is InChI=1S/C17H17Cl2O2P.Li.H/c1-3-9-21-12-7-8-15(11(2)10-12)22-17(20)16-13(18)5-4-6-14(16)19;;/h4-8,10,22H,3,9H2,1-2H3;;/q;+1;-1. The molecule has 0 radical (unpaired) electrons. The second-order valence-corrected chi connectivity index (χ2v) is 6.93. The van der Waals surface area contributed by atoms with E-state index in [9.17, 15) is 4.79 Å². The average Bonchev–Trinajstić information content (AvgIpc) is 2.47. The molecule has 0 aromatic heterocycles. The van der Waals surface area contributed by atoms with E-state index in [0.717, 1.165) is 23.0 Å². The maximum Gasteiger partial charge on any atom is 1.00 e. The summed E-state index contributed by atoms with van der Waals surface area (Å²) in [6.45, 7) is 4.73. The monoisotopic (exact) mass is 362 g/mol.